The summed E-state index contributed by atoms with van der Waals surface area (Å²) in [6.45, 7) is 6.65. The topological polar surface area (TPSA) is 50.3 Å². The van der Waals surface area contributed by atoms with E-state index in [1.165, 1.54) is 13.0 Å². The first-order chi connectivity index (χ1) is 8.56. The molecule has 5 heteroatoms. The van der Waals surface area contributed by atoms with Crippen molar-refractivity contribution in [3.63, 3.8) is 0 Å². The molecule has 1 aliphatic heterocycles. The van der Waals surface area contributed by atoms with E-state index >= 15 is 0 Å². The predicted molar refractivity (Wildman–Crippen MR) is 73.3 cm³/mol. The van der Waals surface area contributed by atoms with Crippen molar-refractivity contribution in [3.8, 4) is 0 Å². The maximum Gasteiger partial charge on any atom is 0.0537 e. The molecule has 5 nitrogen and oxygen atoms in total. The third kappa shape index (κ3) is 3.31. The molecular weight excluding hydrogens is 226 g/mol. The Balaban J connectivity index is 1.95. The van der Waals surface area contributed by atoms with E-state index in [9.17, 15) is 0 Å². The second-order valence-corrected chi connectivity index (χ2v) is 5.51. The second-order valence-electron chi connectivity index (χ2n) is 5.51. The highest BCUT2D eigenvalue weighted by atomic mass is 15.3. The zero-order valence-corrected chi connectivity index (χ0v) is 11.7. The predicted octanol–water partition coefficient (Wildman–Crippen LogP) is 0.446. The molecule has 2 N–H and O–H groups in total. The van der Waals surface area contributed by atoms with E-state index in [2.05, 4.69) is 28.9 Å². The van der Waals surface area contributed by atoms with Crippen LogP contribution in [0, 0.1) is 0 Å². The third-order valence-corrected chi connectivity index (χ3v) is 3.77. The molecule has 1 saturated heterocycles. The van der Waals surface area contributed by atoms with Gasteiger partial charge in [0, 0.05) is 44.0 Å². The third-order valence-electron chi connectivity index (χ3n) is 3.77. The second kappa shape index (κ2) is 5.82. The Bertz CT molecular complexity index is 375. The van der Waals surface area contributed by atoms with Crippen LogP contribution in [0.2, 0.25) is 0 Å². The number of nitrogens with two attached hydrogens (primary N) is 1. The fraction of sp³-hybridized carbons (Fsp3) is 0.769. The first kappa shape index (κ1) is 13.5. The number of rotatable bonds is 3. The van der Waals surface area contributed by atoms with Crippen LogP contribution in [-0.4, -0.2) is 58.8 Å². The molecule has 0 saturated carbocycles. The highest BCUT2D eigenvalue weighted by Gasteiger charge is 2.22. The van der Waals surface area contributed by atoms with Crippen LogP contribution < -0.4 is 5.73 Å². The van der Waals surface area contributed by atoms with Gasteiger partial charge in [-0.2, -0.15) is 5.10 Å². The number of hydrogen-bond donors (Lipinski definition) is 1. The molecule has 0 amide bonds. The molecule has 102 valence electrons. The van der Waals surface area contributed by atoms with E-state index in [0.717, 1.165) is 25.2 Å². The van der Waals surface area contributed by atoms with E-state index in [-0.39, 0.29) is 6.04 Å². The Morgan fingerprint density at radius 3 is 2.89 bits per heavy atom. The van der Waals surface area contributed by atoms with Crippen LogP contribution in [0.5, 0.6) is 0 Å². The van der Waals surface area contributed by atoms with Crippen LogP contribution in [0.15, 0.2) is 12.4 Å². The first-order valence-corrected chi connectivity index (χ1v) is 6.73. The van der Waals surface area contributed by atoms with Crippen LogP contribution >= 0.6 is 0 Å². The Kier molecular flexibility index (Phi) is 4.37. The van der Waals surface area contributed by atoms with Gasteiger partial charge in [0.2, 0.25) is 0 Å². The van der Waals surface area contributed by atoms with Gasteiger partial charge in [0.1, 0.15) is 0 Å². The maximum absolute atomic E-state index is 6.28. The zero-order valence-electron chi connectivity index (χ0n) is 11.7. The monoisotopic (exact) mass is 251 g/mol. The van der Waals surface area contributed by atoms with Crippen LogP contribution in [-0.2, 0) is 7.05 Å². The van der Waals surface area contributed by atoms with Gasteiger partial charge in [0.15, 0.2) is 0 Å². The summed E-state index contributed by atoms with van der Waals surface area (Å²) in [5.74, 6) is 0. The fourth-order valence-electron chi connectivity index (χ4n) is 2.68. The van der Waals surface area contributed by atoms with Crippen molar-refractivity contribution in [2.45, 2.75) is 25.4 Å². The number of nitrogens with zero attached hydrogens (tertiary/aromatic N) is 4. The SMILES string of the molecule is CC1CN(C)CCCN1CC(N)c1cnn(C)c1. The molecule has 2 atom stereocenters. The van der Waals surface area contributed by atoms with Crippen molar-refractivity contribution >= 4 is 0 Å². The molecule has 1 aromatic heterocycles. The molecule has 18 heavy (non-hydrogen) atoms. The molecule has 0 bridgehead atoms. The summed E-state index contributed by atoms with van der Waals surface area (Å²) >= 11 is 0. The van der Waals surface area contributed by atoms with Gasteiger partial charge >= 0.3 is 0 Å². The van der Waals surface area contributed by atoms with Crippen molar-refractivity contribution in [1.29, 1.82) is 0 Å². The standard InChI is InChI=1S/C13H25N5/c1-11-8-16(2)5-4-6-18(11)10-13(14)12-7-15-17(3)9-12/h7,9,11,13H,4-6,8,10,14H2,1-3H3. The summed E-state index contributed by atoms with van der Waals surface area (Å²) in [6, 6.07) is 0.629. The lowest BCUT2D eigenvalue weighted by Gasteiger charge is -2.29. The summed E-state index contributed by atoms with van der Waals surface area (Å²) in [7, 11) is 4.13. The van der Waals surface area contributed by atoms with Gasteiger partial charge < -0.3 is 10.6 Å². The maximum atomic E-state index is 6.28. The molecule has 1 aliphatic rings. The van der Waals surface area contributed by atoms with Crippen LogP contribution in [0.3, 0.4) is 0 Å². The largest absolute Gasteiger partial charge is 0.323 e. The van der Waals surface area contributed by atoms with E-state index in [1.807, 2.05) is 24.1 Å². The Labute approximate surface area is 110 Å². The number of likely N-dealkylation sites (N-methyl/N-ethyl adjacent to an activating group) is 1. The summed E-state index contributed by atoms with van der Waals surface area (Å²) in [4.78, 5) is 4.90. The fourth-order valence-corrected chi connectivity index (χ4v) is 2.68. The van der Waals surface area contributed by atoms with Gasteiger partial charge in [-0.3, -0.25) is 9.58 Å². The Morgan fingerprint density at radius 2 is 2.22 bits per heavy atom. The summed E-state index contributed by atoms with van der Waals surface area (Å²) in [6.07, 6.45) is 5.11. The zero-order chi connectivity index (χ0) is 13.1. The van der Waals surface area contributed by atoms with Gasteiger partial charge in [0.25, 0.3) is 0 Å². The van der Waals surface area contributed by atoms with E-state index in [4.69, 9.17) is 5.73 Å². The summed E-state index contributed by atoms with van der Waals surface area (Å²) < 4.78 is 1.81. The van der Waals surface area contributed by atoms with Gasteiger partial charge in [-0.15, -0.1) is 0 Å². The number of aryl methyl sites for hydroxylation is 1. The van der Waals surface area contributed by atoms with Gasteiger partial charge in [-0.05, 0) is 33.5 Å². The molecule has 0 aromatic carbocycles. The highest BCUT2D eigenvalue weighted by Crippen LogP contribution is 2.15. The number of aromatic nitrogens is 2. The van der Waals surface area contributed by atoms with Crippen LogP contribution in [0.4, 0.5) is 0 Å². The van der Waals surface area contributed by atoms with Crippen molar-refractivity contribution in [3.05, 3.63) is 18.0 Å². The van der Waals surface area contributed by atoms with Crippen molar-refractivity contribution in [1.82, 2.24) is 19.6 Å². The lowest BCUT2D eigenvalue weighted by atomic mass is 10.1. The summed E-state index contributed by atoms with van der Waals surface area (Å²) in [5, 5.41) is 4.19. The molecule has 2 rings (SSSR count). The summed E-state index contributed by atoms with van der Waals surface area (Å²) in [5.41, 5.74) is 7.41. The normalized spacial score (nSPS) is 25.0. The van der Waals surface area contributed by atoms with E-state index in [1.54, 1.807) is 0 Å². The van der Waals surface area contributed by atoms with E-state index < -0.39 is 0 Å². The average Bonchev–Trinajstić information content (AvgIpc) is 2.67. The molecule has 0 radical (unpaired) electrons. The Morgan fingerprint density at radius 1 is 1.44 bits per heavy atom. The van der Waals surface area contributed by atoms with Gasteiger partial charge in [-0.25, -0.2) is 0 Å². The van der Waals surface area contributed by atoms with Crippen LogP contribution in [0.25, 0.3) is 0 Å². The van der Waals surface area contributed by atoms with Crippen molar-refractivity contribution < 1.29 is 0 Å². The smallest absolute Gasteiger partial charge is 0.0537 e. The molecule has 1 aromatic rings. The van der Waals surface area contributed by atoms with Crippen LogP contribution in [0.1, 0.15) is 24.9 Å². The molecule has 1 fully saturated rings. The molecule has 0 aliphatic carbocycles. The Hall–Kier alpha value is -0.910. The molecular formula is C13H25N5. The average molecular weight is 251 g/mol. The quantitative estimate of drug-likeness (QED) is 0.847. The minimum atomic E-state index is 0.0598. The lowest BCUT2D eigenvalue weighted by Crippen LogP contribution is -2.41. The minimum absolute atomic E-state index is 0.0598. The van der Waals surface area contributed by atoms with Gasteiger partial charge in [0.05, 0.1) is 6.20 Å². The van der Waals surface area contributed by atoms with E-state index in [0.29, 0.717) is 6.04 Å². The van der Waals surface area contributed by atoms with Gasteiger partial charge in [-0.1, -0.05) is 0 Å². The molecule has 2 heterocycles. The highest BCUT2D eigenvalue weighted by molar-refractivity contribution is 5.10. The first-order valence-electron chi connectivity index (χ1n) is 6.73. The van der Waals surface area contributed by atoms with Crippen molar-refractivity contribution in [2.24, 2.45) is 12.8 Å². The lowest BCUT2D eigenvalue weighted by molar-refractivity contribution is 0.192. The number of hydrogen-bond acceptors (Lipinski definition) is 4. The molecule has 2 unspecified atom stereocenters. The molecule has 0 spiro atoms. The minimum Gasteiger partial charge on any atom is -0.323 e. The van der Waals surface area contributed by atoms with Crippen molar-refractivity contribution in [2.75, 3.05) is 33.2 Å².